The minimum Gasteiger partial charge on any atom is -0.497 e. The van der Waals surface area contributed by atoms with Crippen molar-refractivity contribution in [3.05, 3.63) is 35.5 Å². The largest absolute Gasteiger partial charge is 0.497 e. The molecule has 0 bridgehead atoms. The number of piperidine rings is 1. The maximum Gasteiger partial charge on any atom is 0.119 e. The van der Waals surface area contributed by atoms with Crippen LogP contribution in [-0.2, 0) is 6.61 Å². The average Bonchev–Trinajstić information content (AvgIpc) is 2.90. The van der Waals surface area contributed by atoms with Crippen LogP contribution in [0.25, 0.3) is 10.9 Å². The highest BCUT2D eigenvalue weighted by Gasteiger charge is 2.35. The van der Waals surface area contributed by atoms with Crippen LogP contribution in [0.2, 0.25) is 0 Å². The number of rotatable bonds is 10. The van der Waals surface area contributed by atoms with Gasteiger partial charge < -0.3 is 25.0 Å². The van der Waals surface area contributed by atoms with Gasteiger partial charge in [0.25, 0.3) is 0 Å². The molecule has 2 aliphatic rings. The number of methoxy groups -OCH3 is 1. The maximum atomic E-state index is 11.2. The first-order valence-electron chi connectivity index (χ1n) is 13.1. The number of ether oxygens (including phenoxy) is 1. The Labute approximate surface area is 204 Å². The van der Waals surface area contributed by atoms with Gasteiger partial charge >= 0.3 is 0 Å². The van der Waals surface area contributed by atoms with Gasteiger partial charge in [-0.15, -0.1) is 0 Å². The standard InChI is InChI=1S/C28H42N2O4/c1-34-23-7-8-25-24(17-23)27(22(19-31)18-29-25)26(33)9-11-28(20-32)12-15-30(16-13-28)14-10-21-5-3-2-4-6-21/h7-8,17-18,21,26,31-33H,2-6,9-16,19-20H2,1H3. The molecule has 1 aromatic heterocycles. The van der Waals surface area contributed by atoms with Crippen LogP contribution >= 0.6 is 0 Å². The molecular formula is C28H42N2O4. The summed E-state index contributed by atoms with van der Waals surface area (Å²) in [5.74, 6) is 1.60. The van der Waals surface area contributed by atoms with Gasteiger partial charge in [0.1, 0.15) is 5.75 Å². The van der Waals surface area contributed by atoms with E-state index in [1.165, 1.54) is 45.1 Å². The molecule has 2 fully saturated rings. The normalized spacial score (nSPS) is 20.5. The number of aliphatic hydroxyl groups excluding tert-OH is 3. The topological polar surface area (TPSA) is 86.0 Å². The van der Waals surface area contributed by atoms with E-state index in [-0.39, 0.29) is 18.6 Å². The van der Waals surface area contributed by atoms with Crippen molar-refractivity contribution in [3.8, 4) is 5.75 Å². The number of hydrogen-bond acceptors (Lipinski definition) is 6. The third-order valence-corrected chi connectivity index (χ3v) is 8.48. The van der Waals surface area contributed by atoms with Crippen LogP contribution in [0.1, 0.15) is 81.4 Å². The van der Waals surface area contributed by atoms with Crippen molar-refractivity contribution in [2.75, 3.05) is 33.4 Å². The molecule has 2 heterocycles. The molecule has 0 radical (unpaired) electrons. The van der Waals surface area contributed by atoms with Crippen LogP contribution in [0.15, 0.2) is 24.4 Å². The van der Waals surface area contributed by atoms with Gasteiger partial charge in [-0.05, 0) is 86.8 Å². The first-order valence-corrected chi connectivity index (χ1v) is 13.1. The van der Waals surface area contributed by atoms with Crippen molar-refractivity contribution in [3.63, 3.8) is 0 Å². The first kappa shape index (κ1) is 25.4. The minimum atomic E-state index is -0.729. The van der Waals surface area contributed by atoms with Crippen LogP contribution in [0, 0.1) is 11.3 Å². The SMILES string of the molecule is COc1ccc2ncc(CO)c(C(O)CCC3(CO)CCN(CCC4CCCCC4)CC3)c2c1. The molecule has 1 aliphatic heterocycles. The van der Waals surface area contributed by atoms with E-state index in [1.54, 1.807) is 13.3 Å². The Morgan fingerprint density at radius 1 is 1.15 bits per heavy atom. The van der Waals surface area contributed by atoms with E-state index in [1.807, 2.05) is 18.2 Å². The highest BCUT2D eigenvalue weighted by atomic mass is 16.5. The van der Waals surface area contributed by atoms with Gasteiger partial charge in [-0.1, -0.05) is 32.1 Å². The van der Waals surface area contributed by atoms with Crippen molar-refractivity contribution in [1.82, 2.24) is 9.88 Å². The van der Waals surface area contributed by atoms with Crippen molar-refractivity contribution in [2.24, 2.45) is 11.3 Å². The lowest BCUT2D eigenvalue weighted by Crippen LogP contribution is -2.42. The molecule has 1 saturated carbocycles. The van der Waals surface area contributed by atoms with Gasteiger partial charge in [-0.2, -0.15) is 0 Å². The zero-order chi connectivity index (χ0) is 24.0. The second-order valence-electron chi connectivity index (χ2n) is 10.6. The Kier molecular flexibility index (Phi) is 8.81. The number of likely N-dealkylation sites (tertiary alicyclic amines) is 1. The summed E-state index contributed by atoms with van der Waals surface area (Å²) in [4.78, 5) is 7.01. The van der Waals surface area contributed by atoms with E-state index in [4.69, 9.17) is 4.74 Å². The van der Waals surface area contributed by atoms with Gasteiger partial charge in [0, 0.05) is 23.8 Å². The molecule has 188 valence electrons. The van der Waals surface area contributed by atoms with Gasteiger partial charge in [0.15, 0.2) is 0 Å². The Morgan fingerprint density at radius 3 is 2.59 bits per heavy atom. The second-order valence-corrected chi connectivity index (χ2v) is 10.6. The summed E-state index contributed by atoms with van der Waals surface area (Å²) in [5, 5.41) is 32.3. The molecular weight excluding hydrogens is 428 g/mol. The monoisotopic (exact) mass is 470 g/mol. The quantitative estimate of drug-likeness (QED) is 0.471. The number of aromatic nitrogens is 1. The summed E-state index contributed by atoms with van der Waals surface area (Å²) < 4.78 is 5.38. The molecule has 1 saturated heterocycles. The number of hydrogen-bond donors (Lipinski definition) is 3. The zero-order valence-electron chi connectivity index (χ0n) is 20.7. The molecule has 4 rings (SSSR count). The molecule has 6 heteroatoms. The van der Waals surface area contributed by atoms with Crippen LogP contribution in [-0.4, -0.2) is 58.6 Å². The Morgan fingerprint density at radius 2 is 1.91 bits per heavy atom. The summed E-state index contributed by atoms with van der Waals surface area (Å²) in [5.41, 5.74) is 2.01. The zero-order valence-corrected chi connectivity index (χ0v) is 20.7. The van der Waals surface area contributed by atoms with E-state index < -0.39 is 6.10 Å². The molecule has 1 atom stereocenters. The Balaban J connectivity index is 1.38. The van der Waals surface area contributed by atoms with Crippen molar-refractivity contribution in [2.45, 2.75) is 76.9 Å². The number of benzene rings is 1. The summed E-state index contributed by atoms with van der Waals surface area (Å²) in [6.07, 6.45) is 12.5. The molecule has 0 amide bonds. The molecule has 1 unspecified atom stereocenters. The third kappa shape index (κ3) is 5.91. The average molecular weight is 471 g/mol. The van der Waals surface area contributed by atoms with Crippen LogP contribution in [0.4, 0.5) is 0 Å². The highest BCUT2D eigenvalue weighted by molar-refractivity contribution is 5.85. The summed E-state index contributed by atoms with van der Waals surface area (Å²) in [7, 11) is 1.62. The fourth-order valence-corrected chi connectivity index (χ4v) is 6.05. The fraction of sp³-hybridized carbons (Fsp3) is 0.679. The fourth-order valence-electron chi connectivity index (χ4n) is 6.05. The predicted octanol–water partition coefficient (Wildman–Crippen LogP) is 4.59. The predicted molar refractivity (Wildman–Crippen MR) is 135 cm³/mol. The van der Waals surface area contributed by atoms with Crippen LogP contribution in [0.5, 0.6) is 5.75 Å². The summed E-state index contributed by atoms with van der Waals surface area (Å²) in [6, 6.07) is 5.61. The van der Waals surface area contributed by atoms with E-state index in [9.17, 15) is 15.3 Å². The van der Waals surface area contributed by atoms with Crippen LogP contribution in [0.3, 0.4) is 0 Å². The van der Waals surface area contributed by atoms with E-state index in [2.05, 4.69) is 9.88 Å². The van der Waals surface area contributed by atoms with Gasteiger partial charge in [0.05, 0.1) is 25.3 Å². The Hall–Kier alpha value is -1.73. The number of pyridine rings is 1. The molecule has 3 N–H and O–H groups in total. The van der Waals surface area contributed by atoms with Crippen molar-refractivity contribution >= 4 is 10.9 Å². The van der Waals surface area contributed by atoms with E-state index in [0.717, 1.165) is 54.7 Å². The number of fused-ring (bicyclic) bond motifs is 1. The lowest BCUT2D eigenvalue weighted by molar-refractivity contribution is 0.0216. The second kappa shape index (κ2) is 11.8. The maximum absolute atomic E-state index is 11.2. The molecule has 34 heavy (non-hydrogen) atoms. The smallest absolute Gasteiger partial charge is 0.119 e. The lowest BCUT2D eigenvalue weighted by atomic mass is 9.74. The van der Waals surface area contributed by atoms with Gasteiger partial charge in [-0.3, -0.25) is 4.98 Å². The van der Waals surface area contributed by atoms with Crippen molar-refractivity contribution < 1.29 is 20.1 Å². The van der Waals surface area contributed by atoms with E-state index >= 15 is 0 Å². The lowest BCUT2D eigenvalue weighted by Gasteiger charge is -2.41. The highest BCUT2D eigenvalue weighted by Crippen LogP contribution is 2.40. The molecule has 2 aromatic rings. The summed E-state index contributed by atoms with van der Waals surface area (Å²) in [6.45, 7) is 3.22. The van der Waals surface area contributed by atoms with Gasteiger partial charge in [0.2, 0.25) is 0 Å². The minimum absolute atomic E-state index is 0.137. The first-order chi connectivity index (χ1) is 16.6. The third-order valence-electron chi connectivity index (χ3n) is 8.48. The summed E-state index contributed by atoms with van der Waals surface area (Å²) >= 11 is 0. The molecule has 0 spiro atoms. The van der Waals surface area contributed by atoms with E-state index in [0.29, 0.717) is 17.7 Å². The van der Waals surface area contributed by atoms with Crippen LogP contribution < -0.4 is 4.74 Å². The number of aliphatic hydroxyl groups is 3. The number of nitrogens with zero attached hydrogens (tertiary/aromatic N) is 2. The van der Waals surface area contributed by atoms with Gasteiger partial charge in [-0.25, -0.2) is 0 Å². The molecule has 1 aromatic carbocycles. The Bertz CT molecular complexity index is 915. The van der Waals surface area contributed by atoms with Crippen molar-refractivity contribution in [1.29, 1.82) is 0 Å². The molecule has 1 aliphatic carbocycles. The molecule has 6 nitrogen and oxygen atoms in total.